The number of carbonyl (C=O) groups is 2. The number of halogens is 1. The van der Waals surface area contributed by atoms with E-state index in [1.165, 1.54) is 11.1 Å². The van der Waals surface area contributed by atoms with Crippen LogP contribution >= 0.6 is 0 Å². The van der Waals surface area contributed by atoms with Gasteiger partial charge in [-0.15, -0.1) is 0 Å². The van der Waals surface area contributed by atoms with Crippen molar-refractivity contribution in [1.29, 1.82) is 5.26 Å². The summed E-state index contributed by atoms with van der Waals surface area (Å²) in [5.41, 5.74) is 6.01. The van der Waals surface area contributed by atoms with Crippen LogP contribution in [-0.2, 0) is 9.59 Å². The fourth-order valence-electron chi connectivity index (χ4n) is 3.57. The van der Waals surface area contributed by atoms with Crippen molar-refractivity contribution in [2.45, 2.75) is 32.2 Å². The molecule has 1 aromatic heterocycles. The number of rotatable bonds is 3. The maximum Gasteiger partial charge on any atom is 0.230 e. The number of nitriles is 1. The minimum atomic E-state index is -0.641. The number of anilines is 3. The molecular formula is C19H18FN5O2. The zero-order valence-electron chi connectivity index (χ0n) is 14.7. The van der Waals surface area contributed by atoms with Crippen LogP contribution in [0, 0.1) is 29.0 Å². The number of amides is 2. The Kier molecular flexibility index (Phi) is 3.95. The number of nitrogens with one attached hydrogen (secondary N) is 1. The van der Waals surface area contributed by atoms with E-state index in [4.69, 9.17) is 11.0 Å². The van der Waals surface area contributed by atoms with Crippen molar-refractivity contribution < 1.29 is 14.0 Å². The third kappa shape index (κ3) is 2.85. The van der Waals surface area contributed by atoms with Gasteiger partial charge in [-0.1, -0.05) is 0 Å². The number of nitrogens with zero attached hydrogens (tertiary/aromatic N) is 3. The Hall–Kier alpha value is -3.21. The van der Waals surface area contributed by atoms with Crippen molar-refractivity contribution in [2.75, 3.05) is 16.0 Å². The number of hydrogen-bond acceptors (Lipinski definition) is 5. The lowest BCUT2D eigenvalue weighted by atomic mass is 10.1. The summed E-state index contributed by atoms with van der Waals surface area (Å²) in [7, 11) is 0. The summed E-state index contributed by atoms with van der Waals surface area (Å²) < 4.78 is 14.8. The van der Waals surface area contributed by atoms with Crippen LogP contribution in [0.15, 0.2) is 18.3 Å². The number of nitrogen functional groups attached to an aromatic ring is 1. The molecule has 0 radical (unpaired) electrons. The van der Waals surface area contributed by atoms with E-state index in [-0.39, 0.29) is 41.1 Å². The fraction of sp³-hybridized carbons (Fsp3) is 0.368. The van der Waals surface area contributed by atoms with E-state index >= 15 is 0 Å². The zero-order valence-corrected chi connectivity index (χ0v) is 14.7. The van der Waals surface area contributed by atoms with Crippen molar-refractivity contribution >= 4 is 39.8 Å². The van der Waals surface area contributed by atoms with Gasteiger partial charge >= 0.3 is 0 Å². The summed E-state index contributed by atoms with van der Waals surface area (Å²) in [5, 5.41) is 12.5. The highest BCUT2D eigenvalue weighted by Gasteiger charge is 2.43. The summed E-state index contributed by atoms with van der Waals surface area (Å²) in [6, 6.07) is 5.12. The van der Waals surface area contributed by atoms with Gasteiger partial charge in [0.25, 0.3) is 0 Å². The fourth-order valence-corrected chi connectivity index (χ4v) is 3.57. The summed E-state index contributed by atoms with van der Waals surface area (Å²) in [4.78, 5) is 29.8. The first kappa shape index (κ1) is 17.2. The van der Waals surface area contributed by atoms with Crippen LogP contribution in [0.4, 0.5) is 21.6 Å². The second-order valence-corrected chi connectivity index (χ2v) is 7.13. The predicted molar refractivity (Wildman–Crippen MR) is 98.1 cm³/mol. The highest BCUT2D eigenvalue weighted by molar-refractivity contribution is 6.03. The van der Waals surface area contributed by atoms with Crippen molar-refractivity contribution in [3.05, 3.63) is 24.1 Å². The van der Waals surface area contributed by atoms with Gasteiger partial charge < -0.3 is 16.0 Å². The van der Waals surface area contributed by atoms with E-state index in [0.29, 0.717) is 35.9 Å². The number of aromatic nitrogens is 1. The van der Waals surface area contributed by atoms with Crippen LogP contribution in [0.3, 0.4) is 0 Å². The second-order valence-electron chi connectivity index (χ2n) is 7.13. The largest absolute Gasteiger partial charge is 0.396 e. The minimum Gasteiger partial charge on any atom is -0.396 e. The Morgan fingerprint density at radius 2 is 2.26 bits per heavy atom. The van der Waals surface area contributed by atoms with Gasteiger partial charge in [0, 0.05) is 24.0 Å². The molecule has 7 nitrogen and oxygen atoms in total. The molecule has 0 bridgehead atoms. The standard InChI is InChI=1S/C19H18FN5O2/c1-9-2-3-16(26)25(9)14-5-10-6-15(23-8-13(10)18(22)17(14)20)24-19(27)12-4-11(12)7-21/h5-6,8-9,11-12H,2-4,22H2,1H3,(H,23,24,27)/t9-,11-,12+/m0/s1. The molecule has 1 aromatic carbocycles. The molecule has 1 saturated carbocycles. The lowest BCUT2D eigenvalue weighted by Crippen LogP contribution is -2.31. The van der Waals surface area contributed by atoms with Crippen molar-refractivity contribution in [2.24, 2.45) is 11.8 Å². The Bertz CT molecular complexity index is 1020. The molecule has 2 heterocycles. The molecule has 3 N–H and O–H groups in total. The van der Waals surface area contributed by atoms with Crippen molar-refractivity contribution in [3.63, 3.8) is 0 Å². The van der Waals surface area contributed by atoms with Crippen LogP contribution in [0.25, 0.3) is 10.8 Å². The molecule has 2 aromatic rings. The summed E-state index contributed by atoms with van der Waals surface area (Å²) in [6.45, 7) is 1.87. The van der Waals surface area contributed by atoms with Crippen LogP contribution in [0.5, 0.6) is 0 Å². The highest BCUT2D eigenvalue weighted by atomic mass is 19.1. The molecule has 2 fully saturated rings. The molecule has 4 rings (SSSR count). The van der Waals surface area contributed by atoms with Gasteiger partial charge in [-0.2, -0.15) is 5.26 Å². The Morgan fingerprint density at radius 1 is 1.48 bits per heavy atom. The zero-order chi connectivity index (χ0) is 19.3. The smallest absolute Gasteiger partial charge is 0.230 e. The van der Waals surface area contributed by atoms with E-state index in [9.17, 15) is 14.0 Å². The molecular weight excluding hydrogens is 349 g/mol. The third-order valence-corrected chi connectivity index (χ3v) is 5.27. The number of fused-ring (bicyclic) bond motifs is 1. The molecule has 0 unspecified atom stereocenters. The predicted octanol–water partition coefficient (Wildman–Crippen LogP) is 2.57. The van der Waals surface area contributed by atoms with Gasteiger partial charge in [0.05, 0.1) is 29.3 Å². The maximum atomic E-state index is 14.8. The molecule has 1 aliphatic heterocycles. The third-order valence-electron chi connectivity index (χ3n) is 5.27. The Morgan fingerprint density at radius 3 is 2.89 bits per heavy atom. The van der Waals surface area contributed by atoms with Crippen LogP contribution in [0.2, 0.25) is 0 Å². The second kappa shape index (κ2) is 6.20. The number of carbonyl (C=O) groups excluding carboxylic acids is 2. The summed E-state index contributed by atoms with van der Waals surface area (Å²) >= 11 is 0. The monoisotopic (exact) mass is 367 g/mol. The Labute approximate surface area is 155 Å². The van der Waals surface area contributed by atoms with Gasteiger partial charge in [-0.3, -0.25) is 9.59 Å². The quantitative estimate of drug-likeness (QED) is 0.810. The summed E-state index contributed by atoms with van der Waals surface area (Å²) in [5.74, 6) is -1.30. The minimum absolute atomic E-state index is 0.0773. The molecule has 0 spiro atoms. The van der Waals surface area contributed by atoms with Gasteiger partial charge in [-0.05, 0) is 37.3 Å². The SMILES string of the molecule is C[C@H]1CCC(=O)N1c1cc2cc(NC(=O)[C@@H]3C[C@H]3C#N)ncc2c(N)c1F. The van der Waals surface area contributed by atoms with Crippen LogP contribution in [-0.4, -0.2) is 22.8 Å². The van der Waals surface area contributed by atoms with E-state index in [1.54, 1.807) is 12.1 Å². The number of benzene rings is 1. The number of hydrogen-bond donors (Lipinski definition) is 2. The molecule has 1 saturated heterocycles. The molecule has 2 aliphatic rings. The lowest BCUT2D eigenvalue weighted by Gasteiger charge is -2.23. The van der Waals surface area contributed by atoms with Gasteiger partial charge in [0.1, 0.15) is 5.82 Å². The molecule has 138 valence electrons. The van der Waals surface area contributed by atoms with Gasteiger partial charge in [0.2, 0.25) is 11.8 Å². The maximum absolute atomic E-state index is 14.8. The van der Waals surface area contributed by atoms with Crippen molar-refractivity contribution in [1.82, 2.24) is 4.98 Å². The van der Waals surface area contributed by atoms with E-state index in [1.807, 2.05) is 6.92 Å². The van der Waals surface area contributed by atoms with Crippen molar-refractivity contribution in [3.8, 4) is 6.07 Å². The van der Waals surface area contributed by atoms with Crippen LogP contribution in [0.1, 0.15) is 26.2 Å². The average Bonchev–Trinajstić information content (AvgIpc) is 3.37. The normalized spacial score (nSPS) is 24.1. The molecule has 3 atom stereocenters. The van der Waals surface area contributed by atoms with Gasteiger partial charge in [-0.25, -0.2) is 9.37 Å². The molecule has 2 amide bonds. The first-order chi connectivity index (χ1) is 12.9. The van der Waals surface area contributed by atoms with E-state index in [0.717, 1.165) is 0 Å². The number of nitrogens with two attached hydrogens (primary N) is 1. The van der Waals surface area contributed by atoms with E-state index in [2.05, 4.69) is 16.4 Å². The summed E-state index contributed by atoms with van der Waals surface area (Å²) in [6.07, 6.45) is 2.98. The molecule has 1 aliphatic carbocycles. The number of pyridine rings is 1. The highest BCUT2D eigenvalue weighted by Crippen LogP contribution is 2.39. The molecule has 27 heavy (non-hydrogen) atoms. The Balaban J connectivity index is 1.70. The topological polar surface area (TPSA) is 112 Å². The molecule has 8 heteroatoms. The van der Waals surface area contributed by atoms with E-state index < -0.39 is 5.82 Å². The first-order valence-electron chi connectivity index (χ1n) is 8.81. The van der Waals surface area contributed by atoms with Crippen LogP contribution < -0.4 is 16.0 Å². The first-order valence-corrected chi connectivity index (χ1v) is 8.81. The average molecular weight is 367 g/mol. The lowest BCUT2D eigenvalue weighted by molar-refractivity contribution is -0.118. The van der Waals surface area contributed by atoms with Gasteiger partial charge in [0.15, 0.2) is 5.82 Å².